The van der Waals surface area contributed by atoms with E-state index < -0.39 is 0 Å². The number of benzene rings is 2. The van der Waals surface area contributed by atoms with Crippen LogP contribution >= 0.6 is 11.6 Å². The van der Waals surface area contributed by atoms with Crippen molar-refractivity contribution in [1.82, 2.24) is 4.98 Å². The fourth-order valence-corrected chi connectivity index (χ4v) is 2.29. The number of fused-ring (bicyclic) bond motifs is 1. The molecule has 1 heterocycles. The molecular formula is C15H8ClFN2. The maximum absolute atomic E-state index is 12.9. The number of hydrogen-bond acceptors (Lipinski definition) is 1. The first-order chi connectivity index (χ1) is 9.19. The second-order valence-electron chi connectivity index (χ2n) is 4.18. The van der Waals surface area contributed by atoms with Crippen LogP contribution in [0, 0.1) is 17.1 Å². The lowest BCUT2D eigenvalue weighted by Gasteiger charge is -1.98. The number of nitrogens with zero attached hydrogens (tertiary/aromatic N) is 1. The van der Waals surface area contributed by atoms with Gasteiger partial charge in [-0.15, -0.1) is 0 Å². The molecule has 2 aromatic carbocycles. The molecule has 0 spiro atoms. The van der Waals surface area contributed by atoms with Crippen molar-refractivity contribution in [3.63, 3.8) is 0 Å². The molecule has 3 aromatic rings. The monoisotopic (exact) mass is 270 g/mol. The molecule has 92 valence electrons. The average molecular weight is 271 g/mol. The van der Waals surface area contributed by atoms with Gasteiger partial charge in [-0.05, 0) is 48.0 Å². The number of hydrogen-bond donors (Lipinski definition) is 1. The van der Waals surface area contributed by atoms with E-state index in [-0.39, 0.29) is 5.82 Å². The van der Waals surface area contributed by atoms with E-state index in [2.05, 4.69) is 11.1 Å². The summed E-state index contributed by atoms with van der Waals surface area (Å²) in [7, 11) is 0. The smallest absolute Gasteiger partial charge is 0.123 e. The molecule has 4 heteroatoms. The first-order valence-electron chi connectivity index (χ1n) is 5.66. The van der Waals surface area contributed by atoms with Gasteiger partial charge in [0.25, 0.3) is 0 Å². The largest absolute Gasteiger partial charge is 0.353 e. The zero-order valence-corrected chi connectivity index (χ0v) is 10.5. The van der Waals surface area contributed by atoms with E-state index in [9.17, 15) is 9.65 Å². The standard InChI is InChI=1S/C15H8ClFN2/c16-10-3-6-14-12(7-10)13(8-18)15(19-14)9-1-4-11(17)5-2-9/h1-7,19H. The Morgan fingerprint density at radius 1 is 1.11 bits per heavy atom. The fourth-order valence-electron chi connectivity index (χ4n) is 2.11. The van der Waals surface area contributed by atoms with Crippen molar-refractivity contribution >= 4 is 22.5 Å². The number of halogens is 2. The van der Waals surface area contributed by atoms with Crippen LogP contribution in [0.2, 0.25) is 5.02 Å². The first kappa shape index (κ1) is 11.8. The third-order valence-electron chi connectivity index (χ3n) is 3.01. The lowest BCUT2D eigenvalue weighted by atomic mass is 10.1. The average Bonchev–Trinajstić information content (AvgIpc) is 2.77. The Labute approximate surface area is 114 Å². The van der Waals surface area contributed by atoms with Crippen molar-refractivity contribution in [2.45, 2.75) is 0 Å². The summed E-state index contributed by atoms with van der Waals surface area (Å²) in [5, 5.41) is 10.7. The van der Waals surface area contributed by atoms with Gasteiger partial charge in [0.05, 0.1) is 11.3 Å². The molecule has 0 unspecified atom stereocenters. The van der Waals surface area contributed by atoms with Crippen molar-refractivity contribution in [2.75, 3.05) is 0 Å². The number of nitriles is 1. The van der Waals surface area contributed by atoms with Gasteiger partial charge in [0.1, 0.15) is 11.9 Å². The number of rotatable bonds is 1. The molecule has 1 N–H and O–H groups in total. The van der Waals surface area contributed by atoms with Crippen molar-refractivity contribution in [1.29, 1.82) is 5.26 Å². The molecular weight excluding hydrogens is 263 g/mol. The first-order valence-corrected chi connectivity index (χ1v) is 6.04. The zero-order valence-electron chi connectivity index (χ0n) is 9.74. The SMILES string of the molecule is N#Cc1c(-c2ccc(F)cc2)[nH]c2ccc(Cl)cc12. The molecule has 0 aliphatic rings. The van der Waals surface area contributed by atoms with Gasteiger partial charge >= 0.3 is 0 Å². The van der Waals surface area contributed by atoms with Crippen LogP contribution in [-0.4, -0.2) is 4.98 Å². The molecule has 19 heavy (non-hydrogen) atoms. The van der Waals surface area contributed by atoms with Crippen molar-refractivity contribution in [2.24, 2.45) is 0 Å². The predicted octanol–water partition coefficient (Wildman–Crippen LogP) is 4.50. The minimum absolute atomic E-state index is 0.304. The van der Waals surface area contributed by atoms with Crippen LogP contribution in [0.4, 0.5) is 4.39 Å². The van der Waals surface area contributed by atoms with Crippen LogP contribution in [0.5, 0.6) is 0 Å². The Morgan fingerprint density at radius 2 is 1.84 bits per heavy atom. The molecule has 0 saturated heterocycles. The van der Waals surface area contributed by atoms with E-state index in [1.807, 2.05) is 6.07 Å². The van der Waals surface area contributed by atoms with Crippen molar-refractivity contribution in [3.8, 4) is 17.3 Å². The quantitative estimate of drug-likeness (QED) is 0.695. The molecule has 0 radical (unpaired) electrons. The number of nitrogens with one attached hydrogen (secondary N) is 1. The van der Waals surface area contributed by atoms with Crippen LogP contribution in [0.3, 0.4) is 0 Å². The van der Waals surface area contributed by atoms with Crippen molar-refractivity contribution in [3.05, 3.63) is 58.9 Å². The Morgan fingerprint density at radius 3 is 2.53 bits per heavy atom. The molecule has 0 amide bonds. The highest BCUT2D eigenvalue weighted by Gasteiger charge is 2.13. The number of aromatic nitrogens is 1. The molecule has 0 atom stereocenters. The van der Waals surface area contributed by atoms with Crippen LogP contribution < -0.4 is 0 Å². The molecule has 0 aliphatic carbocycles. The van der Waals surface area contributed by atoms with Gasteiger partial charge < -0.3 is 4.98 Å². The van der Waals surface area contributed by atoms with Crippen LogP contribution in [0.1, 0.15) is 5.56 Å². The second kappa shape index (κ2) is 4.42. The van der Waals surface area contributed by atoms with Gasteiger partial charge in [-0.2, -0.15) is 5.26 Å². The molecule has 0 saturated carbocycles. The van der Waals surface area contributed by atoms with Gasteiger partial charge in [-0.1, -0.05) is 11.6 Å². The van der Waals surface area contributed by atoms with Crippen LogP contribution in [-0.2, 0) is 0 Å². The van der Waals surface area contributed by atoms with E-state index in [1.165, 1.54) is 12.1 Å². The topological polar surface area (TPSA) is 39.6 Å². The van der Waals surface area contributed by atoms with E-state index in [4.69, 9.17) is 11.6 Å². The Hall–Kier alpha value is -2.31. The highest BCUT2D eigenvalue weighted by Crippen LogP contribution is 2.31. The summed E-state index contributed by atoms with van der Waals surface area (Å²) in [5.41, 5.74) is 2.80. The summed E-state index contributed by atoms with van der Waals surface area (Å²) in [6, 6.07) is 13.5. The van der Waals surface area contributed by atoms with E-state index in [1.54, 1.807) is 24.3 Å². The Kier molecular flexibility index (Phi) is 2.73. The summed E-state index contributed by atoms with van der Waals surface area (Å²) < 4.78 is 12.9. The van der Waals surface area contributed by atoms with Gasteiger partial charge in [-0.25, -0.2) is 4.39 Å². The summed E-state index contributed by atoms with van der Waals surface area (Å²) in [5.74, 6) is -0.304. The summed E-state index contributed by atoms with van der Waals surface area (Å²) >= 11 is 5.95. The van der Waals surface area contributed by atoms with Gasteiger partial charge in [0.15, 0.2) is 0 Å². The van der Waals surface area contributed by atoms with Gasteiger partial charge in [-0.3, -0.25) is 0 Å². The van der Waals surface area contributed by atoms with E-state index in [0.717, 1.165) is 16.5 Å². The summed E-state index contributed by atoms with van der Waals surface area (Å²) in [6.07, 6.45) is 0. The maximum Gasteiger partial charge on any atom is 0.123 e. The molecule has 3 rings (SSSR count). The lowest BCUT2D eigenvalue weighted by molar-refractivity contribution is 0.628. The predicted molar refractivity (Wildman–Crippen MR) is 73.4 cm³/mol. The minimum Gasteiger partial charge on any atom is -0.353 e. The van der Waals surface area contributed by atoms with E-state index >= 15 is 0 Å². The Bertz CT molecular complexity index is 797. The molecule has 0 bridgehead atoms. The molecule has 1 aromatic heterocycles. The zero-order chi connectivity index (χ0) is 13.4. The van der Waals surface area contributed by atoms with Crippen molar-refractivity contribution < 1.29 is 4.39 Å². The fraction of sp³-hybridized carbons (Fsp3) is 0. The third kappa shape index (κ3) is 1.96. The second-order valence-corrected chi connectivity index (χ2v) is 4.62. The van der Waals surface area contributed by atoms with Crippen LogP contribution in [0.15, 0.2) is 42.5 Å². The van der Waals surface area contributed by atoms with Gasteiger partial charge in [0.2, 0.25) is 0 Å². The molecule has 0 aliphatic heterocycles. The van der Waals surface area contributed by atoms with E-state index in [0.29, 0.717) is 16.3 Å². The lowest BCUT2D eigenvalue weighted by Crippen LogP contribution is -1.82. The minimum atomic E-state index is -0.304. The highest BCUT2D eigenvalue weighted by molar-refractivity contribution is 6.31. The summed E-state index contributed by atoms with van der Waals surface area (Å²) in [6.45, 7) is 0. The maximum atomic E-state index is 12.9. The molecule has 2 nitrogen and oxygen atoms in total. The normalized spacial score (nSPS) is 10.6. The number of aromatic amines is 1. The molecule has 0 fully saturated rings. The third-order valence-corrected chi connectivity index (χ3v) is 3.24. The van der Waals surface area contributed by atoms with Gasteiger partial charge in [0, 0.05) is 15.9 Å². The Balaban J connectivity index is 2.29. The summed E-state index contributed by atoms with van der Waals surface area (Å²) in [4.78, 5) is 3.17. The number of H-pyrrole nitrogens is 1. The highest BCUT2D eigenvalue weighted by atomic mass is 35.5. The van der Waals surface area contributed by atoms with Crippen LogP contribution in [0.25, 0.3) is 22.2 Å².